The van der Waals surface area contributed by atoms with Gasteiger partial charge < -0.3 is 5.32 Å². The van der Waals surface area contributed by atoms with Crippen LogP contribution in [0.15, 0.2) is 11.6 Å². The van der Waals surface area contributed by atoms with Gasteiger partial charge in [-0.05, 0) is 56.3 Å². The van der Waals surface area contributed by atoms with Crippen LogP contribution in [0, 0.1) is 23.7 Å². The van der Waals surface area contributed by atoms with Crippen LogP contribution < -0.4 is 5.32 Å². The Morgan fingerprint density at radius 2 is 2.17 bits per heavy atom. The summed E-state index contributed by atoms with van der Waals surface area (Å²) in [6.07, 6.45) is 8.22. The largest absolute Gasteiger partial charge is 0.353 e. The third-order valence-corrected chi connectivity index (χ3v) is 5.34. The molecule has 2 aliphatic carbocycles. The highest BCUT2D eigenvalue weighted by Gasteiger charge is 2.45. The number of amides is 1. The molecule has 0 aromatic heterocycles. The van der Waals surface area contributed by atoms with E-state index in [4.69, 9.17) is 0 Å². The molecule has 1 amide bonds. The van der Waals surface area contributed by atoms with Gasteiger partial charge >= 0.3 is 0 Å². The van der Waals surface area contributed by atoms with Crippen molar-refractivity contribution in [3.63, 3.8) is 0 Å². The average molecular weight is 249 g/mol. The first-order valence-corrected chi connectivity index (χ1v) is 7.40. The molecule has 18 heavy (non-hydrogen) atoms. The molecule has 0 aromatic carbocycles. The smallest absolute Gasteiger partial charge is 0.207 e. The molecule has 102 valence electrons. The van der Waals surface area contributed by atoms with Crippen LogP contribution in [0.5, 0.6) is 0 Å². The zero-order valence-electron chi connectivity index (χ0n) is 12.2. The number of fused-ring (bicyclic) bond motifs is 1. The maximum absolute atomic E-state index is 10.9. The molecule has 2 heteroatoms. The summed E-state index contributed by atoms with van der Waals surface area (Å²) in [6, 6.07) is 0. The van der Waals surface area contributed by atoms with Crippen LogP contribution in [-0.4, -0.2) is 11.9 Å². The Bertz CT molecular complexity index is 347. The lowest BCUT2D eigenvalue weighted by atomic mass is 9.76. The van der Waals surface area contributed by atoms with Gasteiger partial charge in [-0.3, -0.25) is 4.79 Å². The molecule has 1 N–H and O–H groups in total. The van der Waals surface area contributed by atoms with E-state index in [0.717, 1.165) is 25.2 Å². The second kappa shape index (κ2) is 5.07. The summed E-state index contributed by atoms with van der Waals surface area (Å²) in [6.45, 7) is 9.19. The maximum atomic E-state index is 10.9. The van der Waals surface area contributed by atoms with E-state index in [2.05, 4.69) is 39.1 Å². The topological polar surface area (TPSA) is 29.1 Å². The predicted octanol–water partition coefficient (Wildman–Crippen LogP) is 3.53. The molecule has 2 rings (SSSR count). The second-order valence-electron chi connectivity index (χ2n) is 6.81. The lowest BCUT2D eigenvalue weighted by Gasteiger charge is -2.37. The Labute approximate surface area is 111 Å². The van der Waals surface area contributed by atoms with Gasteiger partial charge in [-0.2, -0.15) is 0 Å². The van der Waals surface area contributed by atoms with Gasteiger partial charge in [0, 0.05) is 5.54 Å². The molecule has 4 atom stereocenters. The standard InChI is InChI=1S/C16H27NO/c1-11(2)13-7-8-16(4,17-10-18)15-6-5-12(3)14(15)9-13/h9-12,14-15H,5-8H2,1-4H3,(H,17,18)/t12-,14-,15+,16+/m1/s1. The summed E-state index contributed by atoms with van der Waals surface area (Å²) in [5.41, 5.74) is 1.58. The molecule has 0 radical (unpaired) electrons. The third kappa shape index (κ3) is 2.34. The number of carbonyl (C=O) groups is 1. The first kappa shape index (κ1) is 13.6. The molecular weight excluding hydrogens is 222 g/mol. The van der Waals surface area contributed by atoms with Crippen molar-refractivity contribution in [2.45, 2.75) is 58.9 Å². The van der Waals surface area contributed by atoms with Gasteiger partial charge in [0.1, 0.15) is 0 Å². The van der Waals surface area contributed by atoms with Crippen molar-refractivity contribution in [3.8, 4) is 0 Å². The van der Waals surface area contributed by atoms with Crippen LogP contribution in [0.2, 0.25) is 0 Å². The van der Waals surface area contributed by atoms with Crippen molar-refractivity contribution < 1.29 is 4.79 Å². The average Bonchev–Trinajstić information content (AvgIpc) is 2.59. The zero-order valence-corrected chi connectivity index (χ0v) is 12.2. The van der Waals surface area contributed by atoms with E-state index in [1.165, 1.54) is 12.8 Å². The van der Waals surface area contributed by atoms with Gasteiger partial charge in [0.25, 0.3) is 0 Å². The molecule has 0 aromatic rings. The van der Waals surface area contributed by atoms with Gasteiger partial charge in [-0.15, -0.1) is 0 Å². The van der Waals surface area contributed by atoms with Crippen molar-refractivity contribution >= 4 is 6.41 Å². The van der Waals surface area contributed by atoms with Crippen LogP contribution in [0.25, 0.3) is 0 Å². The van der Waals surface area contributed by atoms with Crippen molar-refractivity contribution in [3.05, 3.63) is 11.6 Å². The van der Waals surface area contributed by atoms with Crippen LogP contribution in [0.3, 0.4) is 0 Å². The molecule has 0 bridgehead atoms. The predicted molar refractivity (Wildman–Crippen MR) is 75.1 cm³/mol. The van der Waals surface area contributed by atoms with Crippen molar-refractivity contribution in [1.82, 2.24) is 5.32 Å². The van der Waals surface area contributed by atoms with Crippen molar-refractivity contribution in [2.24, 2.45) is 23.7 Å². The molecule has 2 nitrogen and oxygen atoms in total. The Hall–Kier alpha value is -0.790. The first-order valence-electron chi connectivity index (χ1n) is 7.40. The highest BCUT2D eigenvalue weighted by atomic mass is 16.1. The summed E-state index contributed by atoms with van der Waals surface area (Å²) < 4.78 is 0. The summed E-state index contributed by atoms with van der Waals surface area (Å²) in [7, 11) is 0. The highest BCUT2D eigenvalue weighted by molar-refractivity contribution is 5.48. The van der Waals surface area contributed by atoms with Crippen LogP contribution in [0.4, 0.5) is 0 Å². The molecule has 0 spiro atoms. The zero-order chi connectivity index (χ0) is 13.3. The van der Waals surface area contributed by atoms with Gasteiger partial charge in [0.15, 0.2) is 0 Å². The van der Waals surface area contributed by atoms with E-state index < -0.39 is 0 Å². The Morgan fingerprint density at radius 1 is 1.44 bits per heavy atom. The minimum absolute atomic E-state index is 0.00961. The molecule has 0 unspecified atom stereocenters. The molecule has 2 aliphatic rings. The maximum Gasteiger partial charge on any atom is 0.207 e. The van der Waals surface area contributed by atoms with Crippen LogP contribution >= 0.6 is 0 Å². The number of allylic oxidation sites excluding steroid dienone is 2. The summed E-state index contributed by atoms with van der Waals surface area (Å²) in [4.78, 5) is 10.9. The molecule has 0 aliphatic heterocycles. The van der Waals surface area contributed by atoms with E-state index in [1.54, 1.807) is 5.57 Å². The summed E-state index contributed by atoms with van der Waals surface area (Å²) in [5.74, 6) is 2.67. The fraction of sp³-hybridized carbons (Fsp3) is 0.812. The molecule has 0 heterocycles. The van der Waals surface area contributed by atoms with Crippen molar-refractivity contribution in [2.75, 3.05) is 0 Å². The van der Waals surface area contributed by atoms with E-state index in [0.29, 0.717) is 17.8 Å². The number of carbonyl (C=O) groups excluding carboxylic acids is 1. The quantitative estimate of drug-likeness (QED) is 0.601. The number of hydrogen-bond acceptors (Lipinski definition) is 1. The van der Waals surface area contributed by atoms with Crippen LogP contribution in [-0.2, 0) is 4.79 Å². The molecule has 0 saturated heterocycles. The summed E-state index contributed by atoms with van der Waals surface area (Å²) in [5, 5.41) is 3.14. The van der Waals surface area contributed by atoms with Gasteiger partial charge in [0.2, 0.25) is 6.41 Å². The fourth-order valence-electron chi connectivity index (χ4n) is 3.96. The first-order chi connectivity index (χ1) is 8.48. The molecule has 1 fully saturated rings. The highest BCUT2D eigenvalue weighted by Crippen LogP contribution is 2.48. The van der Waals surface area contributed by atoms with Gasteiger partial charge in [-0.25, -0.2) is 0 Å². The van der Waals surface area contributed by atoms with Gasteiger partial charge in [-0.1, -0.05) is 32.4 Å². The monoisotopic (exact) mass is 249 g/mol. The molecule has 1 saturated carbocycles. The minimum atomic E-state index is -0.00961. The third-order valence-electron chi connectivity index (χ3n) is 5.34. The van der Waals surface area contributed by atoms with E-state index >= 15 is 0 Å². The number of rotatable bonds is 3. The van der Waals surface area contributed by atoms with Crippen LogP contribution in [0.1, 0.15) is 53.4 Å². The lowest BCUT2D eigenvalue weighted by Crippen LogP contribution is -2.49. The Morgan fingerprint density at radius 3 is 2.78 bits per heavy atom. The minimum Gasteiger partial charge on any atom is -0.353 e. The fourth-order valence-corrected chi connectivity index (χ4v) is 3.96. The summed E-state index contributed by atoms with van der Waals surface area (Å²) >= 11 is 0. The van der Waals surface area contributed by atoms with E-state index in [9.17, 15) is 4.79 Å². The Balaban J connectivity index is 2.31. The Kier molecular flexibility index (Phi) is 3.84. The number of nitrogens with one attached hydrogen (secondary N) is 1. The normalized spacial score (nSPS) is 40.1. The van der Waals surface area contributed by atoms with E-state index in [-0.39, 0.29) is 5.54 Å². The SMILES string of the molecule is CC(C)C1=C[C@@H]2[C@H](C)CC[C@@H]2[C@@](C)(NC=O)CC1. The second-order valence-corrected chi connectivity index (χ2v) is 6.81. The van der Waals surface area contributed by atoms with Gasteiger partial charge in [0.05, 0.1) is 0 Å². The molecular formula is C16H27NO. The van der Waals surface area contributed by atoms with E-state index in [1.807, 2.05) is 0 Å². The number of hydrogen-bond donors (Lipinski definition) is 1. The van der Waals surface area contributed by atoms with Crippen molar-refractivity contribution in [1.29, 1.82) is 0 Å². The lowest BCUT2D eigenvalue weighted by molar-refractivity contribution is -0.111.